The van der Waals surface area contributed by atoms with Gasteiger partial charge in [-0.15, -0.1) is 11.3 Å². The minimum atomic E-state index is -0.621. The van der Waals surface area contributed by atoms with Crippen LogP contribution in [-0.4, -0.2) is 34.2 Å². The predicted octanol–water partition coefficient (Wildman–Crippen LogP) is 3.18. The monoisotopic (exact) mass is 388 g/mol. The van der Waals surface area contributed by atoms with Gasteiger partial charge in [0, 0.05) is 11.9 Å². The van der Waals surface area contributed by atoms with E-state index in [9.17, 15) is 14.0 Å². The van der Waals surface area contributed by atoms with E-state index in [0.717, 1.165) is 28.0 Å². The molecule has 0 bridgehead atoms. The minimum Gasteiger partial charge on any atom is -0.354 e. The van der Waals surface area contributed by atoms with Crippen LogP contribution in [0.25, 0.3) is 15.9 Å². The third-order valence-electron chi connectivity index (χ3n) is 4.13. The molecule has 1 unspecified atom stereocenters. The number of benzene rings is 1. The number of amides is 2. The van der Waals surface area contributed by atoms with Crippen LogP contribution in [0.2, 0.25) is 0 Å². The number of hydrogen-bond acceptors (Lipinski definition) is 4. The number of thiophene rings is 1. The molecule has 0 saturated heterocycles. The molecule has 0 aliphatic carbocycles. The maximum atomic E-state index is 13.2. The van der Waals surface area contributed by atoms with Gasteiger partial charge in [0.2, 0.25) is 5.91 Å². The summed E-state index contributed by atoms with van der Waals surface area (Å²) in [6.07, 6.45) is 0.835. The molecule has 142 valence electrons. The number of aromatic nitrogens is 2. The molecule has 2 N–H and O–H groups in total. The highest BCUT2D eigenvalue weighted by atomic mass is 32.1. The number of aryl methyl sites for hydroxylation is 1. The molecule has 0 spiro atoms. The first-order valence-corrected chi connectivity index (χ1v) is 9.56. The van der Waals surface area contributed by atoms with Crippen LogP contribution in [-0.2, 0) is 4.79 Å². The van der Waals surface area contributed by atoms with Gasteiger partial charge in [0.1, 0.15) is 16.7 Å². The summed E-state index contributed by atoms with van der Waals surface area (Å²) < 4.78 is 14.9. The Morgan fingerprint density at radius 3 is 2.67 bits per heavy atom. The molecule has 6 nitrogen and oxygen atoms in total. The van der Waals surface area contributed by atoms with Crippen molar-refractivity contribution >= 4 is 33.4 Å². The maximum Gasteiger partial charge on any atom is 0.262 e. The number of carbonyl (C=O) groups is 2. The zero-order valence-electron chi connectivity index (χ0n) is 15.4. The van der Waals surface area contributed by atoms with Gasteiger partial charge >= 0.3 is 0 Å². The molecule has 3 aromatic rings. The standard InChI is InChI=1S/C19H21FN4O2S/c1-4-9-21-17(25)12(3)22-18(26)16-10-15-11(2)23-24(19(15)27-16)14-7-5-13(20)6-8-14/h5-8,10,12H,4,9H2,1-3H3,(H,21,25)(H,22,26). The molecule has 8 heteroatoms. The van der Waals surface area contributed by atoms with Crippen molar-refractivity contribution in [2.75, 3.05) is 6.54 Å². The van der Waals surface area contributed by atoms with E-state index in [2.05, 4.69) is 15.7 Å². The predicted molar refractivity (Wildman–Crippen MR) is 104 cm³/mol. The van der Waals surface area contributed by atoms with Gasteiger partial charge in [-0.05, 0) is 50.6 Å². The maximum absolute atomic E-state index is 13.2. The molecular formula is C19H21FN4O2S. The molecule has 2 heterocycles. The van der Waals surface area contributed by atoms with Crippen LogP contribution >= 0.6 is 11.3 Å². The number of fused-ring (bicyclic) bond motifs is 1. The Morgan fingerprint density at radius 2 is 2.00 bits per heavy atom. The molecule has 3 rings (SSSR count). The van der Waals surface area contributed by atoms with E-state index in [1.165, 1.54) is 23.5 Å². The fraction of sp³-hybridized carbons (Fsp3) is 0.316. The average molecular weight is 388 g/mol. The van der Waals surface area contributed by atoms with Gasteiger partial charge < -0.3 is 10.6 Å². The smallest absolute Gasteiger partial charge is 0.262 e. The molecule has 0 aliphatic rings. The highest BCUT2D eigenvalue weighted by molar-refractivity contribution is 7.20. The number of hydrogen-bond donors (Lipinski definition) is 2. The van der Waals surface area contributed by atoms with E-state index in [4.69, 9.17) is 0 Å². The van der Waals surface area contributed by atoms with Gasteiger partial charge in [0.05, 0.1) is 16.3 Å². The van der Waals surface area contributed by atoms with Crippen LogP contribution in [0.3, 0.4) is 0 Å². The van der Waals surface area contributed by atoms with Crippen LogP contribution < -0.4 is 10.6 Å². The summed E-state index contributed by atoms with van der Waals surface area (Å²) in [6.45, 7) is 6.06. The second-order valence-corrected chi connectivity index (χ2v) is 7.32. The number of nitrogens with zero attached hydrogens (tertiary/aromatic N) is 2. The lowest BCUT2D eigenvalue weighted by Gasteiger charge is -2.13. The highest BCUT2D eigenvalue weighted by Crippen LogP contribution is 2.30. The number of halogens is 1. The Labute approximate surface area is 160 Å². The summed E-state index contributed by atoms with van der Waals surface area (Å²) in [7, 11) is 0. The lowest BCUT2D eigenvalue weighted by Crippen LogP contribution is -2.44. The Balaban J connectivity index is 1.84. The molecule has 2 amide bonds. The first-order valence-electron chi connectivity index (χ1n) is 8.74. The third kappa shape index (κ3) is 4.00. The summed E-state index contributed by atoms with van der Waals surface area (Å²) in [6, 6.07) is 7.17. The zero-order chi connectivity index (χ0) is 19.6. The number of nitrogens with one attached hydrogen (secondary N) is 2. The van der Waals surface area contributed by atoms with Crippen LogP contribution in [0.15, 0.2) is 30.3 Å². The Bertz CT molecular complexity index is 978. The molecular weight excluding hydrogens is 367 g/mol. The molecule has 0 aliphatic heterocycles. The van der Waals surface area contributed by atoms with E-state index in [0.29, 0.717) is 11.4 Å². The SMILES string of the molecule is CCCNC(=O)C(C)NC(=O)c1cc2c(C)nn(-c3ccc(F)cc3)c2s1. The second kappa shape index (κ2) is 7.87. The van der Waals surface area contributed by atoms with E-state index in [1.807, 2.05) is 13.8 Å². The van der Waals surface area contributed by atoms with E-state index >= 15 is 0 Å². The van der Waals surface area contributed by atoms with Gasteiger partial charge in [0.15, 0.2) is 0 Å². The van der Waals surface area contributed by atoms with Crippen molar-refractivity contribution in [3.63, 3.8) is 0 Å². The van der Waals surface area contributed by atoms with Crippen LogP contribution in [0, 0.1) is 12.7 Å². The van der Waals surface area contributed by atoms with Crippen molar-refractivity contribution in [3.8, 4) is 5.69 Å². The Hall–Kier alpha value is -2.74. The third-order valence-corrected chi connectivity index (χ3v) is 5.24. The quantitative estimate of drug-likeness (QED) is 0.681. The first-order chi connectivity index (χ1) is 12.9. The minimum absolute atomic E-state index is 0.208. The lowest BCUT2D eigenvalue weighted by molar-refractivity contribution is -0.122. The molecule has 27 heavy (non-hydrogen) atoms. The molecule has 0 fully saturated rings. The molecule has 1 atom stereocenters. The van der Waals surface area contributed by atoms with Crippen LogP contribution in [0.4, 0.5) is 4.39 Å². The topological polar surface area (TPSA) is 76.0 Å². The van der Waals surface area contributed by atoms with Crippen LogP contribution in [0.1, 0.15) is 35.6 Å². The van der Waals surface area contributed by atoms with Crippen molar-refractivity contribution in [2.45, 2.75) is 33.2 Å². The lowest BCUT2D eigenvalue weighted by atomic mass is 10.2. The highest BCUT2D eigenvalue weighted by Gasteiger charge is 2.20. The van der Waals surface area contributed by atoms with Crippen molar-refractivity contribution in [1.82, 2.24) is 20.4 Å². The van der Waals surface area contributed by atoms with Crippen molar-refractivity contribution in [2.24, 2.45) is 0 Å². The molecule has 1 aromatic carbocycles. The zero-order valence-corrected chi connectivity index (χ0v) is 16.2. The largest absolute Gasteiger partial charge is 0.354 e. The van der Waals surface area contributed by atoms with E-state index in [1.54, 1.807) is 29.8 Å². The summed E-state index contributed by atoms with van der Waals surface area (Å²) in [4.78, 5) is 25.8. The van der Waals surface area contributed by atoms with E-state index < -0.39 is 6.04 Å². The first kappa shape index (κ1) is 19.0. The van der Waals surface area contributed by atoms with Crippen LogP contribution in [0.5, 0.6) is 0 Å². The fourth-order valence-corrected chi connectivity index (χ4v) is 3.74. The Morgan fingerprint density at radius 1 is 1.30 bits per heavy atom. The Kier molecular flexibility index (Phi) is 5.55. The van der Waals surface area contributed by atoms with Gasteiger partial charge in [-0.2, -0.15) is 5.10 Å². The van der Waals surface area contributed by atoms with Gasteiger partial charge in [-0.3, -0.25) is 9.59 Å². The number of carbonyl (C=O) groups excluding carboxylic acids is 2. The average Bonchev–Trinajstić information content (AvgIpc) is 3.21. The molecule has 2 aromatic heterocycles. The molecule has 0 saturated carbocycles. The van der Waals surface area contributed by atoms with E-state index in [-0.39, 0.29) is 17.6 Å². The molecule has 0 radical (unpaired) electrons. The summed E-state index contributed by atoms with van der Waals surface area (Å²) in [5.41, 5.74) is 1.49. The van der Waals surface area contributed by atoms with Gasteiger partial charge in [-0.1, -0.05) is 6.92 Å². The summed E-state index contributed by atoms with van der Waals surface area (Å²) in [5, 5.41) is 10.8. The van der Waals surface area contributed by atoms with Crippen molar-refractivity contribution < 1.29 is 14.0 Å². The van der Waals surface area contributed by atoms with Gasteiger partial charge in [0.25, 0.3) is 5.91 Å². The summed E-state index contributed by atoms with van der Waals surface area (Å²) in [5.74, 6) is -0.833. The van der Waals surface area contributed by atoms with Crippen molar-refractivity contribution in [1.29, 1.82) is 0 Å². The normalized spacial score (nSPS) is 12.1. The van der Waals surface area contributed by atoms with Crippen molar-refractivity contribution in [3.05, 3.63) is 46.7 Å². The number of rotatable bonds is 6. The summed E-state index contributed by atoms with van der Waals surface area (Å²) >= 11 is 1.29. The second-order valence-electron chi connectivity index (χ2n) is 6.29. The fourth-order valence-electron chi connectivity index (χ4n) is 2.65. The van der Waals surface area contributed by atoms with Gasteiger partial charge in [-0.25, -0.2) is 9.07 Å².